The summed E-state index contributed by atoms with van der Waals surface area (Å²) in [6, 6.07) is 31.5. The summed E-state index contributed by atoms with van der Waals surface area (Å²) in [5.74, 6) is 0.0616. The Hall–Kier alpha value is -7.00. The lowest BCUT2D eigenvalue weighted by Gasteiger charge is -2.34. The minimum absolute atomic E-state index is 0.155. The molecule has 8 rings (SSSR count). The topological polar surface area (TPSA) is 172 Å². The standard InChI is InChI=1S/C49H55N9O6/c1-55-27-29-56(30-28-55)48(62)53-42(36-11-5-3-6-12-36)47(61)58-26-10-16-41(58)44-50-32-40(52-44)35-21-17-33(18-22-35)34-19-23-38(24-20-34)45(59)51-31-39-15-9-25-57(39)46(60)43(54-49(63)64-2)37-13-7-4-8-14-37/h3-8,11-14,17-24,32,39,41-43H,9-10,15-16,25-31H2,1-2H3,(H,50,52)(H,51,59)(H,53,62)(H,54,63). The number of carbonyl (C=O) groups is 5. The minimum atomic E-state index is -0.905. The van der Waals surface area contributed by atoms with E-state index in [1.165, 1.54) is 7.11 Å². The molecule has 15 nitrogen and oxygen atoms in total. The number of hydrogen-bond acceptors (Lipinski definition) is 8. The normalized spacial score (nSPS) is 18.6. The number of ether oxygens (including phenoxy) is 1. The van der Waals surface area contributed by atoms with Crippen molar-refractivity contribution >= 4 is 29.8 Å². The predicted octanol–water partition coefficient (Wildman–Crippen LogP) is 5.92. The molecule has 3 fully saturated rings. The molecule has 3 aliphatic rings. The van der Waals surface area contributed by atoms with Crippen LogP contribution in [-0.2, 0) is 14.3 Å². The third-order valence-electron chi connectivity index (χ3n) is 12.5. The number of benzene rings is 4. The van der Waals surface area contributed by atoms with Gasteiger partial charge in [-0.15, -0.1) is 0 Å². The van der Waals surface area contributed by atoms with Gasteiger partial charge >= 0.3 is 12.1 Å². The van der Waals surface area contributed by atoms with E-state index in [-0.39, 0.29) is 42.4 Å². The Kier molecular flexibility index (Phi) is 13.6. The molecule has 4 atom stereocenters. The fraction of sp³-hybridized carbons (Fsp3) is 0.347. The zero-order chi connectivity index (χ0) is 44.6. The number of piperazine rings is 1. The first-order chi connectivity index (χ1) is 31.2. The van der Waals surface area contributed by atoms with E-state index in [1.807, 2.05) is 96.9 Å². The second kappa shape index (κ2) is 20.0. The molecule has 0 saturated carbocycles. The van der Waals surface area contributed by atoms with Crippen molar-refractivity contribution in [3.05, 3.63) is 138 Å². The van der Waals surface area contributed by atoms with Crippen LogP contribution >= 0.6 is 0 Å². The summed E-state index contributed by atoms with van der Waals surface area (Å²) in [5, 5.41) is 8.74. The maximum atomic E-state index is 14.3. The van der Waals surface area contributed by atoms with E-state index in [0.29, 0.717) is 43.1 Å². The number of urea groups is 1. The Morgan fingerprint density at radius 1 is 0.688 bits per heavy atom. The number of likely N-dealkylation sites (N-methyl/N-ethyl adjacent to an activating group) is 1. The third kappa shape index (κ3) is 9.94. The number of aromatic nitrogens is 2. The molecule has 4 heterocycles. The van der Waals surface area contributed by atoms with Crippen LogP contribution in [0.3, 0.4) is 0 Å². The minimum Gasteiger partial charge on any atom is -0.453 e. The number of aromatic amines is 1. The Morgan fingerprint density at radius 3 is 1.89 bits per heavy atom. The van der Waals surface area contributed by atoms with Gasteiger partial charge in [-0.2, -0.15) is 0 Å². The number of alkyl carbamates (subject to hydrolysis) is 1. The fourth-order valence-corrected chi connectivity index (χ4v) is 8.87. The molecule has 0 bridgehead atoms. The highest BCUT2D eigenvalue weighted by atomic mass is 16.5. The zero-order valence-electron chi connectivity index (χ0n) is 36.2. The first-order valence-corrected chi connectivity index (χ1v) is 22.0. The second-order valence-electron chi connectivity index (χ2n) is 16.6. The molecule has 0 spiro atoms. The molecule has 15 heteroatoms. The van der Waals surface area contributed by atoms with Gasteiger partial charge < -0.3 is 45.3 Å². The van der Waals surface area contributed by atoms with Crippen LogP contribution in [-0.4, -0.2) is 125 Å². The van der Waals surface area contributed by atoms with Crippen LogP contribution in [0.15, 0.2) is 115 Å². The Balaban J connectivity index is 0.878. The molecule has 3 aliphatic heterocycles. The van der Waals surface area contributed by atoms with E-state index in [1.54, 1.807) is 40.3 Å². The van der Waals surface area contributed by atoms with E-state index in [2.05, 4.69) is 25.8 Å². The highest BCUT2D eigenvalue weighted by Gasteiger charge is 2.38. The van der Waals surface area contributed by atoms with Crippen molar-refractivity contribution in [1.82, 2.24) is 45.5 Å². The molecule has 4 N–H and O–H groups in total. The van der Waals surface area contributed by atoms with Gasteiger partial charge in [-0.25, -0.2) is 14.6 Å². The SMILES string of the molecule is COC(=O)NC(C(=O)N1CCCC1CNC(=O)c1ccc(-c2ccc(-c3cnc(C4CCCN4C(=O)C(NC(=O)N4CCN(C)CC4)c4ccccc4)[nH]3)cc2)cc1)c1ccccc1. The first kappa shape index (κ1) is 43.6. The number of hydrogen-bond donors (Lipinski definition) is 4. The lowest BCUT2D eigenvalue weighted by molar-refractivity contribution is -0.135. The maximum Gasteiger partial charge on any atom is 0.407 e. The molecule has 3 saturated heterocycles. The molecule has 0 aliphatic carbocycles. The van der Waals surface area contributed by atoms with Gasteiger partial charge in [-0.3, -0.25) is 14.4 Å². The summed E-state index contributed by atoms with van der Waals surface area (Å²) in [5.41, 5.74) is 5.58. The van der Waals surface area contributed by atoms with E-state index in [4.69, 9.17) is 9.72 Å². The van der Waals surface area contributed by atoms with Crippen molar-refractivity contribution in [2.75, 3.05) is 60.0 Å². The quantitative estimate of drug-likeness (QED) is 0.120. The molecule has 1 aromatic heterocycles. The van der Waals surface area contributed by atoms with E-state index in [9.17, 15) is 24.0 Å². The van der Waals surface area contributed by atoms with E-state index in [0.717, 1.165) is 66.7 Å². The second-order valence-corrected chi connectivity index (χ2v) is 16.6. The lowest BCUT2D eigenvalue weighted by atomic mass is 10.0. The highest BCUT2D eigenvalue weighted by molar-refractivity contribution is 5.95. The van der Waals surface area contributed by atoms with Gasteiger partial charge in [0.1, 0.15) is 17.9 Å². The van der Waals surface area contributed by atoms with Crippen LogP contribution in [0.2, 0.25) is 0 Å². The number of methoxy groups -OCH3 is 1. The van der Waals surface area contributed by atoms with Crippen LogP contribution in [0.1, 0.15) is 71.1 Å². The van der Waals surface area contributed by atoms with Crippen LogP contribution < -0.4 is 16.0 Å². The van der Waals surface area contributed by atoms with Crippen molar-refractivity contribution in [2.45, 2.75) is 49.9 Å². The molecular weight excluding hydrogens is 811 g/mol. The Morgan fingerprint density at radius 2 is 1.25 bits per heavy atom. The van der Waals surface area contributed by atoms with Gasteiger partial charge in [-0.05, 0) is 72.7 Å². The molecule has 5 aromatic rings. The number of H-pyrrole nitrogens is 1. The Bertz CT molecular complexity index is 2400. The summed E-state index contributed by atoms with van der Waals surface area (Å²) in [7, 11) is 3.30. The summed E-state index contributed by atoms with van der Waals surface area (Å²) in [6.45, 7) is 4.16. The number of amides is 6. The van der Waals surface area contributed by atoms with Crippen molar-refractivity contribution in [2.24, 2.45) is 0 Å². The first-order valence-electron chi connectivity index (χ1n) is 22.0. The van der Waals surface area contributed by atoms with Crippen molar-refractivity contribution in [3.8, 4) is 22.4 Å². The number of nitrogens with one attached hydrogen (secondary N) is 4. The van der Waals surface area contributed by atoms with Crippen LogP contribution in [0.4, 0.5) is 9.59 Å². The van der Waals surface area contributed by atoms with Crippen LogP contribution in [0.25, 0.3) is 22.4 Å². The Labute approximate surface area is 373 Å². The zero-order valence-corrected chi connectivity index (χ0v) is 36.2. The number of rotatable bonds is 12. The van der Waals surface area contributed by atoms with Crippen molar-refractivity contribution in [1.29, 1.82) is 0 Å². The number of likely N-dealkylation sites (tertiary alicyclic amines) is 2. The number of nitrogens with zero attached hydrogens (tertiary/aromatic N) is 5. The molecule has 4 unspecified atom stereocenters. The van der Waals surface area contributed by atoms with E-state index >= 15 is 0 Å². The lowest BCUT2D eigenvalue weighted by Crippen LogP contribution is -2.53. The smallest absolute Gasteiger partial charge is 0.407 e. The van der Waals surface area contributed by atoms with Gasteiger partial charge in [0.05, 0.1) is 25.0 Å². The average Bonchev–Trinajstić information content (AvgIpc) is 4.14. The van der Waals surface area contributed by atoms with Gasteiger partial charge in [0.2, 0.25) is 11.8 Å². The largest absolute Gasteiger partial charge is 0.453 e. The summed E-state index contributed by atoms with van der Waals surface area (Å²) in [6.07, 6.45) is 4.19. The van der Waals surface area contributed by atoms with Gasteiger partial charge in [0.15, 0.2) is 0 Å². The van der Waals surface area contributed by atoms with Crippen molar-refractivity contribution < 1.29 is 28.7 Å². The molecule has 332 valence electrons. The molecule has 4 aromatic carbocycles. The fourth-order valence-electron chi connectivity index (χ4n) is 8.87. The number of imidazole rings is 1. The monoisotopic (exact) mass is 865 g/mol. The van der Waals surface area contributed by atoms with Crippen molar-refractivity contribution in [3.63, 3.8) is 0 Å². The summed E-state index contributed by atoms with van der Waals surface area (Å²) in [4.78, 5) is 82.7. The third-order valence-corrected chi connectivity index (χ3v) is 12.5. The molecular formula is C49H55N9O6. The summed E-state index contributed by atoms with van der Waals surface area (Å²) >= 11 is 0. The van der Waals surface area contributed by atoms with Gasteiger partial charge in [0.25, 0.3) is 5.91 Å². The van der Waals surface area contributed by atoms with E-state index < -0.39 is 18.2 Å². The van der Waals surface area contributed by atoms with Gasteiger partial charge in [0, 0.05) is 57.4 Å². The highest BCUT2D eigenvalue weighted by Crippen LogP contribution is 2.35. The summed E-state index contributed by atoms with van der Waals surface area (Å²) < 4.78 is 4.79. The van der Waals surface area contributed by atoms with Crippen LogP contribution in [0, 0.1) is 0 Å². The molecule has 6 amide bonds. The van der Waals surface area contributed by atoms with Crippen LogP contribution in [0.5, 0.6) is 0 Å². The maximum absolute atomic E-state index is 14.3. The van der Waals surface area contributed by atoms with Gasteiger partial charge in [-0.1, -0.05) is 97.1 Å². The predicted molar refractivity (Wildman–Crippen MR) is 242 cm³/mol. The molecule has 0 radical (unpaired) electrons. The molecule has 64 heavy (non-hydrogen) atoms. The average molecular weight is 866 g/mol. The number of carbonyl (C=O) groups excluding carboxylic acids is 5.